The summed E-state index contributed by atoms with van der Waals surface area (Å²) in [6, 6.07) is 4.18. The molecule has 0 heterocycles. The molecule has 1 aromatic rings. The van der Waals surface area contributed by atoms with Gasteiger partial charge in [-0.1, -0.05) is 12.1 Å². The molecule has 0 aliphatic heterocycles. The maximum Gasteiger partial charge on any atom is 0.416 e. The Bertz CT molecular complexity index is 551. The van der Waals surface area contributed by atoms with Crippen LogP contribution in [-0.2, 0) is 22.2 Å². The van der Waals surface area contributed by atoms with Crippen molar-refractivity contribution in [1.82, 2.24) is 5.32 Å². The summed E-state index contributed by atoms with van der Waals surface area (Å²) in [5.74, 6) is -0.534. The second-order valence-corrected chi connectivity index (χ2v) is 5.55. The highest BCUT2D eigenvalue weighted by atomic mass is 19.4. The van der Waals surface area contributed by atoms with Gasteiger partial charge in [0.15, 0.2) is 0 Å². The molecule has 1 atom stereocenters. The molecule has 22 heavy (non-hydrogen) atoms. The number of primary amides is 1. The predicted octanol–water partition coefficient (Wildman–Crippen LogP) is 2.02. The first-order valence-corrected chi connectivity index (χ1v) is 6.99. The Kier molecular flexibility index (Phi) is 4.73. The van der Waals surface area contributed by atoms with Gasteiger partial charge in [0.05, 0.1) is 12.0 Å². The van der Waals surface area contributed by atoms with Gasteiger partial charge < -0.3 is 11.1 Å². The van der Waals surface area contributed by atoms with Crippen LogP contribution in [0.15, 0.2) is 24.3 Å². The van der Waals surface area contributed by atoms with Crippen molar-refractivity contribution in [2.75, 3.05) is 0 Å². The zero-order chi connectivity index (χ0) is 16.3. The smallest absolute Gasteiger partial charge is 0.370 e. The van der Waals surface area contributed by atoms with E-state index in [1.165, 1.54) is 12.1 Å². The molecule has 0 spiro atoms. The van der Waals surface area contributed by atoms with Crippen LogP contribution in [0.25, 0.3) is 0 Å². The fraction of sp³-hybridized carbons (Fsp3) is 0.467. The highest BCUT2D eigenvalue weighted by Crippen LogP contribution is 2.34. The first kappa shape index (κ1) is 16.3. The average molecular weight is 314 g/mol. The van der Waals surface area contributed by atoms with E-state index in [1.54, 1.807) is 0 Å². The molecule has 0 radical (unpaired) electrons. The zero-order valence-corrected chi connectivity index (χ0v) is 11.8. The fourth-order valence-electron chi connectivity index (χ4n) is 2.31. The van der Waals surface area contributed by atoms with Gasteiger partial charge in [-0.2, -0.15) is 13.2 Å². The number of rotatable bonds is 6. The maximum absolute atomic E-state index is 12.4. The lowest BCUT2D eigenvalue weighted by molar-refractivity contribution is -0.137. The van der Waals surface area contributed by atoms with Crippen LogP contribution in [0.5, 0.6) is 0 Å². The first-order chi connectivity index (χ1) is 10.3. The minimum absolute atomic E-state index is 0.0277. The number of benzene rings is 1. The number of amides is 2. The van der Waals surface area contributed by atoms with E-state index in [1.807, 2.05) is 0 Å². The minimum Gasteiger partial charge on any atom is -0.370 e. The van der Waals surface area contributed by atoms with Crippen molar-refractivity contribution < 1.29 is 22.8 Å². The van der Waals surface area contributed by atoms with Crippen LogP contribution in [0.2, 0.25) is 0 Å². The quantitative estimate of drug-likeness (QED) is 0.843. The largest absolute Gasteiger partial charge is 0.416 e. The molecule has 2 rings (SSSR count). The molecule has 4 nitrogen and oxygen atoms in total. The molecule has 1 aliphatic rings. The van der Waals surface area contributed by atoms with E-state index in [4.69, 9.17) is 5.73 Å². The van der Waals surface area contributed by atoms with Gasteiger partial charge in [0.25, 0.3) is 0 Å². The molecule has 120 valence electrons. The van der Waals surface area contributed by atoms with Gasteiger partial charge in [0, 0.05) is 12.5 Å². The van der Waals surface area contributed by atoms with Crippen LogP contribution in [0, 0.1) is 5.92 Å². The molecule has 2 amide bonds. The van der Waals surface area contributed by atoms with Crippen molar-refractivity contribution in [3.05, 3.63) is 35.4 Å². The van der Waals surface area contributed by atoms with Crippen molar-refractivity contribution in [2.24, 2.45) is 11.7 Å². The molecule has 1 aromatic carbocycles. The fourth-order valence-corrected chi connectivity index (χ4v) is 2.31. The van der Waals surface area contributed by atoms with Crippen molar-refractivity contribution in [1.29, 1.82) is 0 Å². The van der Waals surface area contributed by atoms with E-state index >= 15 is 0 Å². The van der Waals surface area contributed by atoms with Crippen molar-refractivity contribution in [3.8, 4) is 0 Å². The van der Waals surface area contributed by atoms with E-state index in [0.717, 1.165) is 25.0 Å². The summed E-state index contributed by atoms with van der Waals surface area (Å²) in [5, 5.41) is 2.74. The topological polar surface area (TPSA) is 72.2 Å². The van der Waals surface area contributed by atoms with Crippen LogP contribution >= 0.6 is 0 Å². The normalized spacial score (nSPS) is 16.1. The number of hydrogen-bond donors (Lipinski definition) is 2. The lowest BCUT2D eigenvalue weighted by atomic mass is 10.1. The van der Waals surface area contributed by atoms with Crippen molar-refractivity contribution in [3.63, 3.8) is 0 Å². The highest BCUT2D eigenvalue weighted by molar-refractivity contribution is 5.80. The summed E-state index contributed by atoms with van der Waals surface area (Å²) in [5.41, 5.74) is 4.88. The van der Waals surface area contributed by atoms with Crippen LogP contribution in [0.1, 0.15) is 30.4 Å². The number of nitrogens with two attached hydrogens (primary N) is 1. The lowest BCUT2D eigenvalue weighted by Crippen LogP contribution is -2.40. The zero-order valence-electron chi connectivity index (χ0n) is 11.8. The second-order valence-electron chi connectivity index (χ2n) is 5.55. The minimum atomic E-state index is -4.39. The summed E-state index contributed by atoms with van der Waals surface area (Å²) in [6.07, 6.45) is -2.44. The number of alkyl halides is 3. The number of hydrogen-bond acceptors (Lipinski definition) is 2. The molecule has 7 heteroatoms. The van der Waals surface area contributed by atoms with Crippen molar-refractivity contribution >= 4 is 11.8 Å². The summed E-state index contributed by atoms with van der Waals surface area (Å²) < 4.78 is 37.3. The van der Waals surface area contributed by atoms with Gasteiger partial charge in [0.2, 0.25) is 11.8 Å². The number of halogens is 3. The first-order valence-electron chi connectivity index (χ1n) is 6.99. The second kappa shape index (κ2) is 6.37. The third-order valence-electron chi connectivity index (χ3n) is 3.60. The Morgan fingerprint density at radius 2 is 1.82 bits per heavy atom. The Morgan fingerprint density at radius 1 is 1.23 bits per heavy atom. The lowest BCUT2D eigenvalue weighted by Gasteiger charge is -2.16. The number of nitrogens with one attached hydrogen (secondary N) is 1. The van der Waals surface area contributed by atoms with E-state index in [2.05, 4.69) is 5.32 Å². The molecular formula is C15H17F3N2O2. The summed E-state index contributed by atoms with van der Waals surface area (Å²) in [7, 11) is 0. The summed E-state index contributed by atoms with van der Waals surface area (Å²) in [4.78, 5) is 22.9. The van der Waals surface area contributed by atoms with E-state index in [9.17, 15) is 22.8 Å². The van der Waals surface area contributed by atoms with Gasteiger partial charge in [-0.3, -0.25) is 9.59 Å². The predicted molar refractivity (Wildman–Crippen MR) is 73.6 cm³/mol. The Labute approximate surface area is 125 Å². The van der Waals surface area contributed by atoms with E-state index in [0.29, 0.717) is 5.56 Å². The van der Waals surface area contributed by atoms with Crippen LogP contribution in [0.3, 0.4) is 0 Å². The Balaban J connectivity index is 1.92. The maximum atomic E-state index is 12.4. The summed E-state index contributed by atoms with van der Waals surface area (Å²) >= 11 is 0. The monoisotopic (exact) mass is 314 g/mol. The molecule has 1 aliphatic carbocycles. The summed E-state index contributed by atoms with van der Waals surface area (Å²) in [6.45, 7) is 0. The third-order valence-corrected chi connectivity index (χ3v) is 3.60. The Hall–Kier alpha value is -2.05. The third kappa shape index (κ3) is 4.75. The molecule has 1 saturated carbocycles. The van der Waals surface area contributed by atoms with E-state index in [-0.39, 0.29) is 30.7 Å². The highest BCUT2D eigenvalue weighted by Gasteiger charge is 2.33. The van der Waals surface area contributed by atoms with E-state index < -0.39 is 17.6 Å². The SMILES string of the molecule is NC(=O)C[C@H](NC(=O)Cc1ccc(C(F)(F)F)cc1)C1CC1. The molecule has 3 N–H and O–H groups in total. The van der Waals surface area contributed by atoms with Gasteiger partial charge in [-0.05, 0) is 36.5 Å². The standard InChI is InChI=1S/C15H17F3N2O2/c16-15(17,18)11-5-1-9(2-6-11)7-14(22)20-12(8-13(19)21)10-3-4-10/h1-2,5-6,10,12H,3-4,7-8H2,(H2,19,21)(H,20,22)/t12-/m0/s1. The Morgan fingerprint density at radius 3 is 2.27 bits per heavy atom. The molecule has 0 unspecified atom stereocenters. The molecule has 0 aromatic heterocycles. The molecule has 0 bridgehead atoms. The van der Waals surface area contributed by atoms with Crippen LogP contribution in [0.4, 0.5) is 13.2 Å². The van der Waals surface area contributed by atoms with Gasteiger partial charge in [-0.25, -0.2) is 0 Å². The van der Waals surface area contributed by atoms with Crippen molar-refractivity contribution in [2.45, 2.75) is 37.9 Å². The van der Waals surface area contributed by atoms with Gasteiger partial charge >= 0.3 is 6.18 Å². The molecule has 1 fully saturated rings. The van der Waals surface area contributed by atoms with Gasteiger partial charge in [-0.15, -0.1) is 0 Å². The van der Waals surface area contributed by atoms with Gasteiger partial charge in [0.1, 0.15) is 0 Å². The number of carbonyl (C=O) groups is 2. The van der Waals surface area contributed by atoms with Crippen LogP contribution < -0.4 is 11.1 Å². The molecular weight excluding hydrogens is 297 g/mol. The average Bonchev–Trinajstić information content (AvgIpc) is 3.21. The number of carbonyl (C=O) groups excluding carboxylic acids is 2. The molecule has 0 saturated heterocycles. The van der Waals surface area contributed by atoms with Crippen LogP contribution in [-0.4, -0.2) is 17.9 Å².